The number of benzene rings is 2. The Morgan fingerprint density at radius 2 is 2.00 bits per heavy atom. The lowest BCUT2D eigenvalue weighted by atomic mass is 9.99. The van der Waals surface area contributed by atoms with E-state index >= 15 is 4.39 Å². The number of hydrogen-bond donors (Lipinski definition) is 2. The van der Waals surface area contributed by atoms with E-state index in [2.05, 4.69) is 25.5 Å². The van der Waals surface area contributed by atoms with Gasteiger partial charge in [0.2, 0.25) is 5.91 Å². The summed E-state index contributed by atoms with van der Waals surface area (Å²) in [6.45, 7) is 0.791. The lowest BCUT2D eigenvalue weighted by molar-refractivity contribution is -0.137. The highest BCUT2D eigenvalue weighted by molar-refractivity contribution is 5.95. The SMILES string of the molecule is COc1cc(-c2cc(C(F)(F)F)cc3c2n(C)c(=O)n3CC(=O)Nc2nc(C)co2)cc(F)c1OCc1ncn[nH]1. The summed E-state index contributed by atoms with van der Waals surface area (Å²) in [5.41, 5.74) is -1.75. The molecule has 3 aromatic heterocycles. The first-order valence-corrected chi connectivity index (χ1v) is 11.8. The van der Waals surface area contributed by atoms with E-state index < -0.39 is 35.7 Å². The van der Waals surface area contributed by atoms with E-state index in [1.165, 1.54) is 32.8 Å². The molecule has 41 heavy (non-hydrogen) atoms. The molecule has 12 nitrogen and oxygen atoms in total. The van der Waals surface area contributed by atoms with Crippen molar-refractivity contribution in [1.29, 1.82) is 0 Å². The van der Waals surface area contributed by atoms with Crippen LogP contribution < -0.4 is 20.5 Å². The number of H-pyrrole nitrogens is 1. The van der Waals surface area contributed by atoms with Crippen LogP contribution in [0, 0.1) is 12.7 Å². The molecule has 214 valence electrons. The number of aromatic nitrogens is 6. The Labute approximate surface area is 227 Å². The molecule has 16 heteroatoms. The minimum absolute atomic E-state index is 0.0274. The van der Waals surface area contributed by atoms with Crippen LogP contribution in [0.3, 0.4) is 0 Å². The van der Waals surface area contributed by atoms with Crippen LogP contribution in [-0.4, -0.2) is 42.3 Å². The number of ether oxygens (including phenoxy) is 2. The van der Waals surface area contributed by atoms with Gasteiger partial charge in [-0.3, -0.25) is 24.3 Å². The fourth-order valence-electron chi connectivity index (χ4n) is 4.26. The highest BCUT2D eigenvalue weighted by atomic mass is 19.4. The Hall–Kier alpha value is -5.15. The smallest absolute Gasteiger partial charge is 0.416 e. The molecule has 1 amide bonds. The van der Waals surface area contributed by atoms with E-state index in [1.807, 2.05) is 0 Å². The molecule has 0 aliphatic rings. The number of halogens is 4. The number of fused-ring (bicyclic) bond motifs is 1. The zero-order chi connectivity index (χ0) is 29.5. The summed E-state index contributed by atoms with van der Waals surface area (Å²) >= 11 is 0. The quantitative estimate of drug-likeness (QED) is 0.266. The third-order valence-electron chi connectivity index (χ3n) is 6.09. The molecule has 0 saturated heterocycles. The monoisotopic (exact) mass is 575 g/mol. The molecule has 0 spiro atoms. The van der Waals surface area contributed by atoms with E-state index in [0.29, 0.717) is 11.5 Å². The van der Waals surface area contributed by atoms with Gasteiger partial charge < -0.3 is 13.9 Å². The van der Waals surface area contributed by atoms with Gasteiger partial charge in [-0.2, -0.15) is 23.3 Å². The summed E-state index contributed by atoms with van der Waals surface area (Å²) in [6, 6.07) is 3.67. The van der Waals surface area contributed by atoms with Crippen LogP contribution in [0.1, 0.15) is 17.1 Å². The molecule has 3 heterocycles. The topological polar surface area (TPSA) is 142 Å². The first-order chi connectivity index (χ1) is 19.5. The second-order valence-corrected chi connectivity index (χ2v) is 8.87. The van der Waals surface area contributed by atoms with Crippen LogP contribution in [0.15, 0.2) is 46.1 Å². The van der Waals surface area contributed by atoms with Crippen LogP contribution in [0.5, 0.6) is 11.5 Å². The van der Waals surface area contributed by atoms with Crippen molar-refractivity contribution < 1.29 is 36.2 Å². The number of nitrogens with zero attached hydrogens (tertiary/aromatic N) is 5. The van der Waals surface area contributed by atoms with Gasteiger partial charge in [-0.05, 0) is 36.8 Å². The van der Waals surface area contributed by atoms with Crippen molar-refractivity contribution in [3.63, 3.8) is 0 Å². The van der Waals surface area contributed by atoms with Crippen molar-refractivity contribution in [2.45, 2.75) is 26.3 Å². The Morgan fingerprint density at radius 3 is 2.63 bits per heavy atom. The van der Waals surface area contributed by atoms with Crippen molar-refractivity contribution >= 4 is 23.0 Å². The molecule has 2 aromatic carbocycles. The number of aromatic amines is 1. The number of rotatable bonds is 8. The average molecular weight is 575 g/mol. The third kappa shape index (κ3) is 5.35. The Bertz CT molecular complexity index is 1810. The van der Waals surface area contributed by atoms with Crippen molar-refractivity contribution in [3.8, 4) is 22.6 Å². The van der Waals surface area contributed by atoms with Crippen LogP contribution in [0.2, 0.25) is 0 Å². The van der Waals surface area contributed by atoms with E-state index in [-0.39, 0.29) is 46.3 Å². The zero-order valence-corrected chi connectivity index (χ0v) is 21.7. The predicted molar refractivity (Wildman–Crippen MR) is 135 cm³/mol. The number of alkyl halides is 3. The highest BCUT2D eigenvalue weighted by Gasteiger charge is 2.33. The van der Waals surface area contributed by atoms with Crippen LogP contribution >= 0.6 is 0 Å². The normalized spacial score (nSPS) is 11.7. The average Bonchev–Trinajstić information content (AvgIpc) is 3.64. The summed E-state index contributed by atoms with van der Waals surface area (Å²) in [4.78, 5) is 33.6. The summed E-state index contributed by atoms with van der Waals surface area (Å²) in [5.74, 6) is -1.82. The summed E-state index contributed by atoms with van der Waals surface area (Å²) in [6.07, 6.45) is -2.30. The van der Waals surface area contributed by atoms with Crippen molar-refractivity contribution in [2.24, 2.45) is 7.05 Å². The predicted octanol–water partition coefficient (Wildman–Crippen LogP) is 3.81. The van der Waals surface area contributed by atoms with Gasteiger partial charge in [-0.25, -0.2) is 14.2 Å². The van der Waals surface area contributed by atoms with E-state index in [1.54, 1.807) is 6.92 Å². The van der Waals surface area contributed by atoms with Crippen molar-refractivity contribution in [2.75, 3.05) is 12.4 Å². The maximum atomic E-state index is 15.3. The maximum Gasteiger partial charge on any atom is 0.416 e. The van der Waals surface area contributed by atoms with Crippen LogP contribution in [-0.2, 0) is 31.2 Å². The van der Waals surface area contributed by atoms with E-state index in [0.717, 1.165) is 27.3 Å². The molecular weight excluding hydrogens is 554 g/mol. The van der Waals surface area contributed by atoms with E-state index in [9.17, 15) is 22.8 Å². The number of aryl methyl sites for hydroxylation is 2. The first kappa shape index (κ1) is 27.4. The van der Waals surface area contributed by atoms with Crippen LogP contribution in [0.25, 0.3) is 22.2 Å². The lowest BCUT2D eigenvalue weighted by Gasteiger charge is -2.15. The molecule has 0 unspecified atom stereocenters. The van der Waals surface area contributed by atoms with Gasteiger partial charge in [0.15, 0.2) is 23.1 Å². The Balaban J connectivity index is 1.62. The van der Waals surface area contributed by atoms with Gasteiger partial charge in [0.1, 0.15) is 25.7 Å². The number of oxazole rings is 1. The minimum Gasteiger partial charge on any atom is -0.493 e. The number of anilines is 1. The van der Waals surface area contributed by atoms with Gasteiger partial charge in [0.05, 0.1) is 29.4 Å². The molecule has 0 fully saturated rings. The molecule has 2 N–H and O–H groups in total. The number of methoxy groups -OCH3 is 1. The Kier molecular flexibility index (Phi) is 6.98. The minimum atomic E-state index is -4.83. The van der Waals surface area contributed by atoms with Gasteiger partial charge in [0.25, 0.3) is 0 Å². The molecule has 0 saturated carbocycles. The second-order valence-electron chi connectivity index (χ2n) is 8.87. The molecule has 0 atom stereocenters. The summed E-state index contributed by atoms with van der Waals surface area (Å²) < 4.78 is 75.0. The molecule has 5 aromatic rings. The van der Waals surface area contributed by atoms with Crippen molar-refractivity contribution in [3.05, 3.63) is 70.2 Å². The van der Waals surface area contributed by atoms with Gasteiger partial charge in [-0.15, -0.1) is 0 Å². The van der Waals surface area contributed by atoms with Crippen LogP contribution in [0.4, 0.5) is 23.6 Å². The standard InChI is InChI=1S/C25H21F4N7O5/c1-12-9-41-23(32-12)33-20(37)8-36-17-7-14(25(27,28)29)6-15(21(17)35(2)24(36)38)13-4-16(26)22(18(5-13)39-3)40-10-19-30-11-31-34-19/h4-7,9,11H,8,10H2,1-3H3,(H,30,31,34)(H,32,33,37). The first-order valence-electron chi connectivity index (χ1n) is 11.8. The van der Waals surface area contributed by atoms with Gasteiger partial charge >= 0.3 is 17.9 Å². The molecule has 0 radical (unpaired) electrons. The summed E-state index contributed by atoms with van der Waals surface area (Å²) in [7, 11) is 2.57. The zero-order valence-electron chi connectivity index (χ0n) is 21.7. The molecule has 5 rings (SSSR count). The number of nitrogens with one attached hydrogen (secondary N) is 2. The summed E-state index contributed by atoms with van der Waals surface area (Å²) in [5, 5.41) is 8.58. The fourth-order valence-corrected chi connectivity index (χ4v) is 4.26. The molecule has 0 aliphatic carbocycles. The highest BCUT2D eigenvalue weighted by Crippen LogP contribution is 2.41. The van der Waals surface area contributed by atoms with Crippen molar-refractivity contribution in [1.82, 2.24) is 29.3 Å². The Morgan fingerprint density at radius 1 is 1.22 bits per heavy atom. The van der Waals surface area contributed by atoms with Gasteiger partial charge in [0, 0.05) is 12.6 Å². The maximum absolute atomic E-state index is 15.3. The van der Waals surface area contributed by atoms with Gasteiger partial charge in [-0.1, -0.05) is 0 Å². The fraction of sp³-hybridized carbons (Fsp3) is 0.240. The molecule has 0 bridgehead atoms. The number of carbonyl (C=O) groups excluding carboxylic acids is 1. The number of amides is 1. The number of hydrogen-bond acceptors (Lipinski definition) is 8. The molecular formula is C25H21F4N7O5. The lowest BCUT2D eigenvalue weighted by Crippen LogP contribution is -2.28. The van der Waals surface area contributed by atoms with E-state index in [4.69, 9.17) is 13.9 Å². The third-order valence-corrected chi connectivity index (χ3v) is 6.09. The second kappa shape index (κ2) is 10.4. The number of carbonyl (C=O) groups is 1. The molecule has 0 aliphatic heterocycles. The largest absolute Gasteiger partial charge is 0.493 e. The number of imidazole rings is 1.